The number of carbonyl (C=O) groups excluding carboxylic acids is 7. The molecule has 27 heteroatoms. The highest BCUT2D eigenvalue weighted by molar-refractivity contribution is 8.13. The fourth-order valence-electron chi connectivity index (χ4n) is 12.2. The molecule has 5 aliphatic carbocycles. The number of ether oxygens (including phenoxy) is 2. The molecule has 21 nitrogen and oxygen atoms in total. The van der Waals surface area contributed by atoms with Gasteiger partial charge in [-0.25, -0.2) is 27.1 Å². The Kier molecular flexibility index (Phi) is 21.3. The molecule has 3 unspecified atom stereocenters. The van der Waals surface area contributed by atoms with E-state index < -0.39 is 158 Å². The maximum Gasteiger partial charge on any atom is 0.481 e. The number of benzene rings is 1. The van der Waals surface area contributed by atoms with Crippen molar-refractivity contribution in [3.8, 4) is 11.8 Å². The number of alkyl halides is 3. The minimum Gasteiger partial charge on any atom is -0.449 e. The van der Waals surface area contributed by atoms with Gasteiger partial charge in [-0.2, -0.15) is 4.31 Å². The highest BCUT2D eigenvalue weighted by atomic mass is 32.2. The maximum atomic E-state index is 18.9. The van der Waals surface area contributed by atoms with E-state index in [0.29, 0.717) is 6.42 Å². The first-order valence-electron chi connectivity index (χ1n) is 26.6. The van der Waals surface area contributed by atoms with Gasteiger partial charge < -0.3 is 46.3 Å². The highest BCUT2D eigenvalue weighted by Gasteiger charge is 2.79. The number of urea groups is 1. The number of rotatable bonds is 24. The molecular formula is C53H72F3N5O16P2S. The van der Waals surface area contributed by atoms with Crippen molar-refractivity contribution in [2.75, 3.05) is 24.5 Å². The molecule has 0 heterocycles. The Balaban J connectivity index is 1.15. The van der Waals surface area contributed by atoms with Crippen molar-refractivity contribution in [2.24, 2.45) is 40.2 Å². The molecule has 14 atom stereocenters. The molecule has 1 aromatic carbocycles. The van der Waals surface area contributed by atoms with Crippen LogP contribution in [0, 0.1) is 46.3 Å². The number of fused-ring (bicyclic) bond motifs is 5. The van der Waals surface area contributed by atoms with Gasteiger partial charge in [-0.3, -0.25) is 37.8 Å². The first-order valence-corrected chi connectivity index (χ1v) is 30.6. The number of hydrogen-bond acceptors (Lipinski definition) is 15. The van der Waals surface area contributed by atoms with Crippen molar-refractivity contribution in [3.63, 3.8) is 0 Å². The number of anilines is 1. The van der Waals surface area contributed by atoms with Crippen LogP contribution in [0.1, 0.15) is 118 Å². The lowest BCUT2D eigenvalue weighted by Gasteiger charge is -2.63. The van der Waals surface area contributed by atoms with E-state index in [-0.39, 0.29) is 67.4 Å². The van der Waals surface area contributed by atoms with E-state index in [1.165, 1.54) is 45.0 Å². The zero-order valence-corrected chi connectivity index (χ0v) is 48.1. The largest absolute Gasteiger partial charge is 0.481 e. The van der Waals surface area contributed by atoms with E-state index in [1.54, 1.807) is 20.8 Å². The predicted molar refractivity (Wildman–Crippen MR) is 286 cm³/mol. The molecule has 1 aromatic rings. The van der Waals surface area contributed by atoms with Crippen LogP contribution in [0.2, 0.25) is 0 Å². The summed E-state index contributed by atoms with van der Waals surface area (Å²) in [6, 6.07) is 1.07. The lowest BCUT2D eigenvalue weighted by atomic mass is 9.44. The lowest BCUT2D eigenvalue weighted by Crippen LogP contribution is -2.71. The molecular weight excluding hydrogens is 1110 g/mol. The Labute approximate surface area is 467 Å². The molecule has 5 amide bonds. The fourth-order valence-corrected chi connectivity index (χ4v) is 15.2. The molecule has 0 aromatic heterocycles. The topological polar surface area (TPSA) is 314 Å². The number of primary amides is 1. The van der Waals surface area contributed by atoms with Crippen LogP contribution in [-0.4, -0.2) is 111 Å². The van der Waals surface area contributed by atoms with Crippen LogP contribution in [0.5, 0.6) is 0 Å². The summed E-state index contributed by atoms with van der Waals surface area (Å²) in [5, 5.41) is 9.48. The summed E-state index contributed by atoms with van der Waals surface area (Å²) in [6.07, 6.45) is 1.31. The Morgan fingerprint density at radius 2 is 1.70 bits per heavy atom. The Bertz CT molecular complexity index is 2750. The summed E-state index contributed by atoms with van der Waals surface area (Å²) in [5.41, 5.74) is -3.70. The average molecular weight is 1190 g/mol. The number of phosphoric acid groups is 2. The van der Waals surface area contributed by atoms with Gasteiger partial charge >= 0.3 is 27.6 Å². The summed E-state index contributed by atoms with van der Waals surface area (Å²) in [6.45, 7) is 8.06. The van der Waals surface area contributed by atoms with Gasteiger partial charge in [0.05, 0.1) is 6.61 Å². The normalized spacial score (nSPS) is 31.1. The van der Waals surface area contributed by atoms with Gasteiger partial charge in [-0.05, 0) is 117 Å². The third-order valence-electron chi connectivity index (χ3n) is 16.1. The van der Waals surface area contributed by atoms with Crippen LogP contribution < -0.4 is 27.0 Å². The summed E-state index contributed by atoms with van der Waals surface area (Å²) >= 11 is 0.201. The monoisotopic (exact) mass is 1190 g/mol. The number of amides is 5. The van der Waals surface area contributed by atoms with Crippen molar-refractivity contribution in [1.82, 2.24) is 16.0 Å². The van der Waals surface area contributed by atoms with Crippen LogP contribution in [0.4, 0.5) is 23.7 Å². The quantitative estimate of drug-likeness (QED) is 0.0232. The molecule has 5 aliphatic rings. The standard InChI is InChI=1S/C53H72F3N5O16P2S/c1-7-44(64)75-53(48(67)80-30-54)32(4)24-37-38-26-40(55)39-25-35(62)21-22-50(39,5)52(38,56)42(27-51(37,53)6)76-79(71,72)77-78(69,70)74-28-33-17-19-34(20-18-33)59-46(65)41(16-13-23-58-49(57)68)60-47(66)45(31(2)3)61-43(63)29-73-36-14-11-9-8-10-12-15-36/h17-22,25,31-32,36-38,40-42,45H,7-11,13-14,16,23-24,26-30H2,1-6H3,(H,59,65)(H,60,66)(H,61,63)(H,69,70)(H,71,72)(H3,57,58,68)/t32-,36?,37+,38+,40+,41+,42+,45+,50+,51+,52+,53+/m1/s1. The molecule has 8 N–H and O–H groups in total. The molecule has 442 valence electrons. The SMILES string of the molecule is CCC(=O)O[C@]1(C(=O)SCF)[C@H](C)C[C@H]2[C@@H]3C[C@H](F)C4=CC(=O)C=C[C@]4(C)[C@@]3(F)[C@@H](OP(=O)(O)OP(=O)(O)OCc3ccc(NC(=O)[C@H](CCCNC(N)=O)NC(=O)[C@@H](NC(=O)COC4C#CCCCCC4)C(C)C)cc3)C[C@@]21C. The predicted octanol–water partition coefficient (Wildman–Crippen LogP) is 7.25. The summed E-state index contributed by atoms with van der Waals surface area (Å²) < 4.78 is 104. The van der Waals surface area contributed by atoms with Crippen molar-refractivity contribution in [2.45, 2.75) is 161 Å². The zero-order chi connectivity index (χ0) is 59.0. The molecule has 0 radical (unpaired) electrons. The van der Waals surface area contributed by atoms with Crippen LogP contribution in [0.3, 0.4) is 0 Å². The number of phosphoric ester groups is 2. The fraction of sp³-hybridized carbons (Fsp3) is 0.642. The molecule has 80 heavy (non-hydrogen) atoms. The van der Waals surface area contributed by atoms with E-state index in [2.05, 4.69) is 33.1 Å². The van der Waals surface area contributed by atoms with Gasteiger partial charge in [0.1, 0.15) is 43.1 Å². The third-order valence-corrected chi connectivity index (χ3v) is 19.4. The number of hydrogen-bond donors (Lipinski definition) is 7. The van der Waals surface area contributed by atoms with Crippen molar-refractivity contribution >= 4 is 73.7 Å². The minimum atomic E-state index is -5.97. The van der Waals surface area contributed by atoms with Gasteiger partial charge in [0.15, 0.2) is 17.1 Å². The molecule has 3 saturated carbocycles. The van der Waals surface area contributed by atoms with Crippen LogP contribution in [-0.2, 0) is 67.3 Å². The molecule has 0 saturated heterocycles. The molecule has 0 spiro atoms. The summed E-state index contributed by atoms with van der Waals surface area (Å²) in [7, 11) is -11.6. The van der Waals surface area contributed by atoms with Crippen LogP contribution in [0.15, 0.2) is 48.1 Å². The number of halogens is 3. The van der Waals surface area contributed by atoms with E-state index >= 15 is 8.78 Å². The lowest BCUT2D eigenvalue weighted by molar-refractivity contribution is -0.225. The zero-order valence-electron chi connectivity index (χ0n) is 45.5. The third kappa shape index (κ3) is 14.3. The maximum absolute atomic E-state index is 18.9. The van der Waals surface area contributed by atoms with E-state index in [1.807, 2.05) is 0 Å². The van der Waals surface area contributed by atoms with E-state index in [0.717, 1.165) is 43.9 Å². The number of esters is 1. The van der Waals surface area contributed by atoms with Crippen LogP contribution in [0.25, 0.3) is 0 Å². The van der Waals surface area contributed by atoms with E-state index in [9.17, 15) is 56.9 Å². The van der Waals surface area contributed by atoms with Crippen molar-refractivity contribution in [3.05, 3.63) is 53.6 Å². The van der Waals surface area contributed by atoms with Gasteiger partial charge in [-0.15, -0.1) is 5.92 Å². The summed E-state index contributed by atoms with van der Waals surface area (Å²) in [5.74, 6) is -1.28. The number of nitrogens with one attached hydrogen (secondary N) is 4. The number of allylic oxidation sites excluding steroid dienone is 4. The van der Waals surface area contributed by atoms with Gasteiger partial charge in [-0.1, -0.05) is 65.2 Å². The van der Waals surface area contributed by atoms with Gasteiger partial charge in [0.2, 0.25) is 22.8 Å². The Morgan fingerprint density at radius 1 is 0.988 bits per heavy atom. The first-order chi connectivity index (χ1) is 37.6. The Morgan fingerprint density at radius 3 is 2.36 bits per heavy atom. The second-order valence-electron chi connectivity index (χ2n) is 21.7. The van der Waals surface area contributed by atoms with Crippen molar-refractivity contribution < 1.29 is 88.5 Å². The molecule has 0 aliphatic heterocycles. The number of carbonyl (C=O) groups is 7. The smallest absolute Gasteiger partial charge is 0.449 e. The van der Waals surface area contributed by atoms with Gasteiger partial charge in [0.25, 0.3) is 0 Å². The van der Waals surface area contributed by atoms with Crippen molar-refractivity contribution in [1.29, 1.82) is 0 Å². The average Bonchev–Trinajstić information content (AvgIpc) is 3.62. The molecule has 6 rings (SSSR count). The molecule has 0 bridgehead atoms. The first kappa shape index (κ1) is 64.3. The van der Waals surface area contributed by atoms with Crippen LogP contribution >= 0.6 is 27.4 Å². The second kappa shape index (κ2) is 26.6. The highest BCUT2D eigenvalue weighted by Crippen LogP contribution is 2.74. The number of ketones is 1. The molecule has 3 fully saturated rings. The van der Waals surface area contributed by atoms with Gasteiger partial charge in [0, 0.05) is 47.7 Å². The minimum absolute atomic E-state index is 0.00486. The summed E-state index contributed by atoms with van der Waals surface area (Å²) in [4.78, 5) is 114. The number of thioether (sulfide) groups is 1. The second-order valence-corrected chi connectivity index (χ2v) is 25.5. The van der Waals surface area contributed by atoms with E-state index in [4.69, 9.17) is 28.6 Å². The number of nitrogens with two attached hydrogens (primary N) is 1. The Hall–Kier alpha value is -4.89.